The molecular weight excluding hydrogens is 370 g/mol. The van der Waals surface area contributed by atoms with E-state index in [4.69, 9.17) is 20.9 Å². The quantitative estimate of drug-likeness (QED) is 0.643. The van der Waals surface area contributed by atoms with Gasteiger partial charge in [0.25, 0.3) is 0 Å². The lowest BCUT2D eigenvalue weighted by Gasteiger charge is -2.22. The van der Waals surface area contributed by atoms with Crippen LogP contribution in [0.5, 0.6) is 5.75 Å². The maximum atomic E-state index is 6.57. The van der Waals surface area contributed by atoms with Crippen LogP contribution in [0.3, 0.4) is 0 Å². The van der Waals surface area contributed by atoms with E-state index in [0.717, 1.165) is 52.7 Å². The first-order chi connectivity index (χ1) is 13.7. The molecule has 0 atom stereocenters. The Bertz CT molecular complexity index is 841. The van der Waals surface area contributed by atoms with Crippen LogP contribution in [0.2, 0.25) is 0 Å². The molecule has 28 heavy (non-hydrogen) atoms. The van der Waals surface area contributed by atoms with Gasteiger partial charge in [-0.15, -0.1) is 11.3 Å². The van der Waals surface area contributed by atoms with Crippen LogP contribution >= 0.6 is 11.3 Å². The zero-order valence-electron chi connectivity index (χ0n) is 17.2. The highest BCUT2D eigenvalue weighted by molar-refractivity contribution is 7.07. The first-order valence-electron chi connectivity index (χ1n) is 9.97. The molecule has 0 unspecified atom stereocenters. The monoisotopic (exact) mass is 403 g/mol. The third kappa shape index (κ3) is 5.50. The molecule has 0 spiro atoms. The number of nitrogens with one attached hydrogen (secondary N) is 1. The average Bonchev–Trinajstić information content (AvgIpc) is 3.25. The summed E-state index contributed by atoms with van der Waals surface area (Å²) in [6.07, 6.45) is 2.13. The van der Waals surface area contributed by atoms with E-state index in [9.17, 15) is 0 Å². The summed E-state index contributed by atoms with van der Waals surface area (Å²) in [5.74, 6) is 1.17. The van der Waals surface area contributed by atoms with Crippen LogP contribution in [0.15, 0.2) is 35.7 Å². The second-order valence-electron chi connectivity index (χ2n) is 6.39. The van der Waals surface area contributed by atoms with Crippen molar-refractivity contribution in [2.45, 2.75) is 26.7 Å². The lowest BCUT2D eigenvalue weighted by molar-refractivity contribution is 0.146. The molecular formula is C22H33N3O2S. The number of hydrogen-bond donors (Lipinski definition) is 3. The Morgan fingerprint density at radius 2 is 1.82 bits per heavy atom. The largest absolute Gasteiger partial charge is 0.490 e. The predicted molar refractivity (Wildman–Crippen MR) is 119 cm³/mol. The van der Waals surface area contributed by atoms with E-state index in [1.165, 1.54) is 0 Å². The van der Waals surface area contributed by atoms with Gasteiger partial charge in [0.15, 0.2) is 0 Å². The van der Waals surface area contributed by atoms with Gasteiger partial charge >= 0.3 is 0 Å². The Labute approximate surface area is 172 Å². The summed E-state index contributed by atoms with van der Waals surface area (Å²) in [7, 11) is 1.66. The molecule has 0 aliphatic carbocycles. The van der Waals surface area contributed by atoms with Crippen molar-refractivity contribution in [2.24, 2.45) is 17.4 Å². The van der Waals surface area contributed by atoms with Crippen molar-refractivity contribution < 1.29 is 9.47 Å². The van der Waals surface area contributed by atoms with Crippen LogP contribution in [0.1, 0.15) is 32.3 Å². The minimum atomic E-state index is 0.408. The predicted octanol–water partition coefficient (Wildman–Crippen LogP) is 1.98. The van der Waals surface area contributed by atoms with Crippen LogP contribution in [0.25, 0.3) is 11.4 Å². The van der Waals surface area contributed by atoms with Gasteiger partial charge in [-0.05, 0) is 49.5 Å². The summed E-state index contributed by atoms with van der Waals surface area (Å²) in [6, 6.07) is 9.92. The van der Waals surface area contributed by atoms with Gasteiger partial charge in [0.05, 0.1) is 16.8 Å². The Hall–Kier alpha value is -2.02. The van der Waals surface area contributed by atoms with Crippen molar-refractivity contribution >= 4 is 22.7 Å². The third-order valence-corrected chi connectivity index (χ3v) is 5.67. The smallest absolute Gasteiger partial charge is 0.128 e. The van der Waals surface area contributed by atoms with Crippen molar-refractivity contribution in [3.05, 3.63) is 51.0 Å². The highest BCUT2D eigenvalue weighted by Crippen LogP contribution is 2.22. The molecule has 0 amide bonds. The number of ether oxygens (including phenoxy) is 2. The Morgan fingerprint density at radius 3 is 2.54 bits per heavy atom. The van der Waals surface area contributed by atoms with E-state index >= 15 is 0 Å². The number of hydrogen-bond acceptors (Lipinski definition) is 6. The molecule has 1 saturated heterocycles. The number of piperidine rings is 1. The van der Waals surface area contributed by atoms with Crippen molar-refractivity contribution in [1.82, 2.24) is 5.32 Å². The molecule has 154 valence electrons. The van der Waals surface area contributed by atoms with Crippen molar-refractivity contribution in [2.75, 3.05) is 33.4 Å². The number of methoxy groups -OCH3 is 1. The van der Waals surface area contributed by atoms with Gasteiger partial charge in [-0.1, -0.05) is 26.0 Å². The van der Waals surface area contributed by atoms with Gasteiger partial charge in [0.1, 0.15) is 12.4 Å². The average molecular weight is 404 g/mol. The SMILES string of the molecule is CC.COCCOc1ccccc1/C(N)=c1\scc\c1=C(\N)C1CCNCC1. The van der Waals surface area contributed by atoms with Crippen molar-refractivity contribution in [3.63, 3.8) is 0 Å². The van der Waals surface area contributed by atoms with E-state index in [2.05, 4.69) is 16.8 Å². The van der Waals surface area contributed by atoms with E-state index in [1.54, 1.807) is 18.4 Å². The molecule has 0 bridgehead atoms. The minimum Gasteiger partial charge on any atom is -0.490 e. The molecule has 5 N–H and O–H groups in total. The van der Waals surface area contributed by atoms with Crippen LogP contribution in [0, 0.1) is 5.92 Å². The fraction of sp³-hybridized carbons (Fsp3) is 0.455. The van der Waals surface area contributed by atoms with Crippen molar-refractivity contribution in [1.29, 1.82) is 0 Å². The van der Waals surface area contributed by atoms with Gasteiger partial charge in [-0.25, -0.2) is 0 Å². The van der Waals surface area contributed by atoms with Crippen LogP contribution < -0.4 is 31.3 Å². The maximum Gasteiger partial charge on any atom is 0.128 e. The summed E-state index contributed by atoms with van der Waals surface area (Å²) in [6.45, 7) is 7.05. The summed E-state index contributed by atoms with van der Waals surface area (Å²) in [5.41, 5.74) is 15.7. The molecule has 2 heterocycles. The summed E-state index contributed by atoms with van der Waals surface area (Å²) >= 11 is 1.62. The van der Waals surface area contributed by atoms with E-state index in [0.29, 0.717) is 24.8 Å². The maximum absolute atomic E-state index is 6.57. The number of rotatable bonds is 6. The first-order valence-corrected chi connectivity index (χ1v) is 10.8. The first kappa shape index (κ1) is 22.3. The molecule has 2 aromatic rings. The number of para-hydroxylation sites is 1. The van der Waals surface area contributed by atoms with Gasteiger partial charge in [-0.3, -0.25) is 0 Å². The second kappa shape index (κ2) is 11.7. The van der Waals surface area contributed by atoms with Gasteiger partial charge in [-0.2, -0.15) is 0 Å². The Kier molecular flexibility index (Phi) is 9.34. The molecule has 1 aromatic heterocycles. The normalized spacial score (nSPS) is 16.7. The molecule has 1 aliphatic heterocycles. The zero-order valence-corrected chi connectivity index (χ0v) is 18.0. The summed E-state index contributed by atoms with van der Waals surface area (Å²) < 4.78 is 11.9. The van der Waals surface area contributed by atoms with Crippen molar-refractivity contribution in [3.8, 4) is 5.75 Å². The number of thiophene rings is 1. The zero-order chi connectivity index (χ0) is 20.4. The molecule has 6 heteroatoms. The topological polar surface area (TPSA) is 82.5 Å². The molecule has 1 fully saturated rings. The molecule has 5 nitrogen and oxygen atoms in total. The van der Waals surface area contributed by atoms with Gasteiger partial charge in [0.2, 0.25) is 0 Å². The van der Waals surface area contributed by atoms with E-state index < -0.39 is 0 Å². The molecule has 1 aromatic carbocycles. The highest BCUT2D eigenvalue weighted by Gasteiger charge is 2.17. The van der Waals surface area contributed by atoms with Crippen LogP contribution in [-0.4, -0.2) is 33.4 Å². The van der Waals surface area contributed by atoms with Crippen LogP contribution in [-0.2, 0) is 4.74 Å². The van der Waals surface area contributed by atoms with E-state index in [1.807, 2.05) is 38.1 Å². The standard InChI is InChI=1S/C20H27N3O2S.C2H6/c1-24-11-12-25-17-5-3-2-4-15(17)19(22)20-16(8-13-26-20)18(21)14-6-9-23-10-7-14;1-2/h2-5,8,13-14,23H,6-7,9-12,21-22H2,1H3;1-2H3/b18-16-,20-19+;. The minimum absolute atomic E-state index is 0.408. The lowest BCUT2D eigenvalue weighted by Crippen LogP contribution is -2.36. The molecule has 0 radical (unpaired) electrons. The van der Waals surface area contributed by atoms with E-state index in [-0.39, 0.29) is 0 Å². The summed E-state index contributed by atoms with van der Waals surface area (Å²) in [5, 5.41) is 6.50. The summed E-state index contributed by atoms with van der Waals surface area (Å²) in [4.78, 5) is 0. The molecule has 1 aliphatic rings. The fourth-order valence-electron chi connectivity index (χ4n) is 3.27. The Morgan fingerprint density at radius 1 is 1.11 bits per heavy atom. The number of benzene rings is 1. The number of nitrogens with two attached hydrogens (primary N) is 2. The van der Waals surface area contributed by atoms with Crippen LogP contribution in [0.4, 0.5) is 0 Å². The fourth-order valence-corrected chi connectivity index (χ4v) is 4.16. The lowest BCUT2D eigenvalue weighted by atomic mass is 9.93. The third-order valence-electron chi connectivity index (χ3n) is 4.72. The second-order valence-corrected chi connectivity index (χ2v) is 7.31. The van der Waals surface area contributed by atoms with Gasteiger partial charge in [0, 0.05) is 29.5 Å². The molecule has 3 rings (SSSR count). The molecule has 0 saturated carbocycles. The highest BCUT2D eigenvalue weighted by atomic mass is 32.1. The Balaban J connectivity index is 0.00000136. The van der Waals surface area contributed by atoms with Gasteiger partial charge < -0.3 is 26.3 Å².